The van der Waals surface area contributed by atoms with Crippen molar-refractivity contribution in [2.45, 2.75) is 45.8 Å². The zero-order chi connectivity index (χ0) is 14.0. The van der Waals surface area contributed by atoms with Gasteiger partial charge in [0.1, 0.15) is 12.2 Å². The molecule has 1 atom stereocenters. The second kappa shape index (κ2) is 5.58. The van der Waals surface area contributed by atoms with Gasteiger partial charge in [-0.15, -0.1) is 0 Å². The Morgan fingerprint density at radius 3 is 2.84 bits per heavy atom. The summed E-state index contributed by atoms with van der Waals surface area (Å²) >= 11 is 0. The highest BCUT2D eigenvalue weighted by molar-refractivity contribution is 7.91. The normalized spacial score (nSPS) is 24.5. The van der Waals surface area contributed by atoms with E-state index in [0.717, 1.165) is 5.82 Å². The van der Waals surface area contributed by atoms with Gasteiger partial charge in [0.05, 0.1) is 18.1 Å². The van der Waals surface area contributed by atoms with E-state index in [2.05, 4.69) is 35.8 Å². The van der Waals surface area contributed by atoms with Gasteiger partial charge in [-0.3, -0.25) is 4.90 Å². The van der Waals surface area contributed by atoms with Gasteiger partial charge in [-0.25, -0.2) is 18.1 Å². The molecule has 6 nitrogen and oxygen atoms in total. The number of hydrogen-bond acceptors (Lipinski definition) is 5. The van der Waals surface area contributed by atoms with Crippen LogP contribution in [0.5, 0.6) is 0 Å². The third-order valence-electron chi connectivity index (χ3n) is 3.64. The molecule has 1 aliphatic rings. The minimum Gasteiger partial charge on any atom is -0.292 e. The maximum atomic E-state index is 11.7. The Hall–Kier alpha value is -0.950. The Morgan fingerprint density at radius 1 is 1.42 bits per heavy atom. The number of aromatic nitrogens is 3. The molecule has 7 heteroatoms. The molecule has 2 rings (SSSR count). The highest BCUT2D eigenvalue weighted by Gasteiger charge is 2.25. The minimum atomic E-state index is -2.87. The molecule has 2 heterocycles. The molecule has 0 aromatic carbocycles. The molecule has 0 spiro atoms. The number of nitrogens with zero attached hydrogens (tertiary/aromatic N) is 4. The molecule has 1 aromatic heterocycles. The highest BCUT2D eigenvalue weighted by atomic mass is 32.2. The second-order valence-corrected chi connectivity index (χ2v) is 7.78. The summed E-state index contributed by atoms with van der Waals surface area (Å²) in [5, 5.41) is 4.22. The summed E-state index contributed by atoms with van der Waals surface area (Å²) in [6.07, 6.45) is 2.26. The molecular weight excluding hydrogens is 264 g/mol. The first-order chi connectivity index (χ1) is 8.89. The first-order valence-electron chi connectivity index (χ1n) is 6.72. The molecule has 0 bridgehead atoms. The first kappa shape index (κ1) is 14.5. The Morgan fingerprint density at radius 2 is 2.16 bits per heavy atom. The van der Waals surface area contributed by atoms with E-state index >= 15 is 0 Å². The average Bonchev–Trinajstić information content (AvgIpc) is 2.75. The lowest BCUT2D eigenvalue weighted by atomic mass is 10.2. The van der Waals surface area contributed by atoms with Crippen molar-refractivity contribution < 1.29 is 8.42 Å². The first-order valence-corrected chi connectivity index (χ1v) is 8.54. The van der Waals surface area contributed by atoms with Crippen LogP contribution in [0.25, 0.3) is 0 Å². The summed E-state index contributed by atoms with van der Waals surface area (Å²) in [4.78, 5) is 6.48. The van der Waals surface area contributed by atoms with Gasteiger partial charge in [0.15, 0.2) is 9.84 Å². The predicted molar refractivity (Wildman–Crippen MR) is 73.5 cm³/mol. The standard InChI is InChI=1S/C12H22N4O2S/c1-10(2)16-12(13-9-14-16)8-15-5-7-19(17,18)6-4-11(15)3/h9-11H,4-8H2,1-3H3. The fraction of sp³-hybridized carbons (Fsp3) is 0.833. The fourth-order valence-electron chi connectivity index (χ4n) is 2.35. The summed E-state index contributed by atoms with van der Waals surface area (Å²) in [7, 11) is -2.87. The fourth-order valence-corrected chi connectivity index (χ4v) is 3.76. The summed E-state index contributed by atoms with van der Waals surface area (Å²) < 4.78 is 25.3. The van der Waals surface area contributed by atoms with Gasteiger partial charge in [-0.05, 0) is 27.2 Å². The minimum absolute atomic E-state index is 0.243. The Balaban J connectivity index is 2.11. The van der Waals surface area contributed by atoms with E-state index in [1.807, 2.05) is 4.68 Å². The molecule has 0 saturated carbocycles. The van der Waals surface area contributed by atoms with Gasteiger partial charge >= 0.3 is 0 Å². The SMILES string of the molecule is CC1CCS(=O)(=O)CCN1Cc1ncnn1C(C)C. The average molecular weight is 286 g/mol. The topological polar surface area (TPSA) is 68.1 Å². The predicted octanol–water partition coefficient (Wildman–Crippen LogP) is 0.868. The molecule has 1 unspecified atom stereocenters. The second-order valence-electron chi connectivity index (χ2n) is 5.47. The van der Waals surface area contributed by atoms with E-state index in [0.29, 0.717) is 25.3 Å². The van der Waals surface area contributed by atoms with E-state index in [9.17, 15) is 8.42 Å². The van der Waals surface area contributed by atoms with Crippen molar-refractivity contribution >= 4 is 9.84 Å². The highest BCUT2D eigenvalue weighted by Crippen LogP contribution is 2.16. The molecule has 0 aliphatic carbocycles. The van der Waals surface area contributed by atoms with E-state index in [4.69, 9.17) is 0 Å². The number of hydrogen-bond donors (Lipinski definition) is 0. The smallest absolute Gasteiger partial charge is 0.151 e. The molecule has 19 heavy (non-hydrogen) atoms. The third kappa shape index (κ3) is 3.54. The lowest BCUT2D eigenvalue weighted by molar-refractivity contribution is 0.202. The quantitative estimate of drug-likeness (QED) is 0.824. The molecule has 1 aromatic rings. The molecule has 1 fully saturated rings. The van der Waals surface area contributed by atoms with Crippen LogP contribution in [0.4, 0.5) is 0 Å². The van der Waals surface area contributed by atoms with Crippen molar-refractivity contribution in [1.82, 2.24) is 19.7 Å². The zero-order valence-corrected chi connectivity index (χ0v) is 12.6. The van der Waals surface area contributed by atoms with E-state index in [1.165, 1.54) is 0 Å². The Bertz CT molecular complexity index is 524. The summed E-state index contributed by atoms with van der Waals surface area (Å²) in [6.45, 7) is 7.45. The van der Waals surface area contributed by atoms with Crippen LogP contribution in [-0.4, -0.2) is 52.2 Å². The Labute approximate surface area is 114 Å². The molecule has 0 N–H and O–H groups in total. The van der Waals surface area contributed by atoms with Crippen molar-refractivity contribution in [2.75, 3.05) is 18.1 Å². The van der Waals surface area contributed by atoms with Crippen LogP contribution in [0.1, 0.15) is 39.1 Å². The maximum absolute atomic E-state index is 11.7. The van der Waals surface area contributed by atoms with Gasteiger partial charge in [0, 0.05) is 18.6 Å². The summed E-state index contributed by atoms with van der Waals surface area (Å²) in [5.74, 6) is 1.44. The van der Waals surface area contributed by atoms with Gasteiger partial charge in [-0.1, -0.05) is 0 Å². The monoisotopic (exact) mass is 286 g/mol. The lowest BCUT2D eigenvalue weighted by Gasteiger charge is -2.26. The van der Waals surface area contributed by atoms with Crippen molar-refractivity contribution in [3.05, 3.63) is 12.2 Å². The molecule has 0 radical (unpaired) electrons. The molecule has 1 saturated heterocycles. The third-order valence-corrected chi connectivity index (χ3v) is 5.30. The van der Waals surface area contributed by atoms with Gasteiger partial charge in [-0.2, -0.15) is 5.10 Å². The molecule has 108 valence electrons. The van der Waals surface area contributed by atoms with Gasteiger partial charge < -0.3 is 0 Å². The molecular formula is C12H22N4O2S. The summed E-state index contributed by atoms with van der Waals surface area (Å²) in [5.41, 5.74) is 0. The number of rotatable bonds is 3. The Kier molecular flexibility index (Phi) is 4.25. The van der Waals surface area contributed by atoms with Crippen molar-refractivity contribution in [1.29, 1.82) is 0 Å². The maximum Gasteiger partial charge on any atom is 0.151 e. The summed E-state index contributed by atoms with van der Waals surface area (Å²) in [6, 6.07) is 0.526. The van der Waals surface area contributed by atoms with Crippen LogP contribution < -0.4 is 0 Å². The lowest BCUT2D eigenvalue weighted by Crippen LogP contribution is -2.34. The van der Waals surface area contributed by atoms with Crippen molar-refractivity contribution in [3.8, 4) is 0 Å². The van der Waals surface area contributed by atoms with Crippen molar-refractivity contribution in [2.24, 2.45) is 0 Å². The van der Waals surface area contributed by atoms with Crippen LogP contribution in [-0.2, 0) is 16.4 Å². The molecule has 0 amide bonds. The van der Waals surface area contributed by atoms with Crippen LogP contribution in [0, 0.1) is 0 Å². The largest absolute Gasteiger partial charge is 0.292 e. The van der Waals surface area contributed by atoms with Crippen molar-refractivity contribution in [3.63, 3.8) is 0 Å². The van der Waals surface area contributed by atoms with E-state index < -0.39 is 9.84 Å². The van der Waals surface area contributed by atoms with Crippen LogP contribution >= 0.6 is 0 Å². The molecule has 1 aliphatic heterocycles. The van der Waals surface area contributed by atoms with Gasteiger partial charge in [0.25, 0.3) is 0 Å². The van der Waals surface area contributed by atoms with E-state index in [-0.39, 0.29) is 17.8 Å². The van der Waals surface area contributed by atoms with Gasteiger partial charge in [0.2, 0.25) is 0 Å². The zero-order valence-electron chi connectivity index (χ0n) is 11.8. The number of sulfone groups is 1. The van der Waals surface area contributed by atoms with E-state index in [1.54, 1.807) is 6.33 Å². The van der Waals surface area contributed by atoms with Crippen LogP contribution in [0.3, 0.4) is 0 Å². The van der Waals surface area contributed by atoms with Crippen LogP contribution in [0.2, 0.25) is 0 Å². The van der Waals surface area contributed by atoms with Crippen LogP contribution in [0.15, 0.2) is 6.33 Å².